The van der Waals surface area contributed by atoms with Crippen LogP contribution in [0.4, 0.5) is 0 Å². The highest BCUT2D eigenvalue weighted by Crippen LogP contribution is 2.66. The largest absolute Gasteiger partial charge is 0.454 e. The summed E-state index contributed by atoms with van der Waals surface area (Å²) in [4.78, 5) is 0. The number of benzene rings is 1. The number of aliphatic hydroxyl groups excluding tert-OH is 2. The van der Waals surface area contributed by atoms with Gasteiger partial charge in [0, 0.05) is 25.6 Å². The minimum atomic E-state index is -1.17. The zero-order valence-corrected chi connectivity index (χ0v) is 16.1. The molecule has 0 radical (unpaired) electrons. The Kier molecular flexibility index (Phi) is 4.50. The molecular formula is C21H28O6. The number of rotatable bonds is 5. The smallest absolute Gasteiger partial charge is 0.231 e. The molecule has 0 saturated heterocycles. The molecule has 148 valence electrons. The minimum Gasteiger partial charge on any atom is -0.454 e. The van der Waals surface area contributed by atoms with Crippen LogP contribution in [0.25, 0.3) is 0 Å². The average molecular weight is 376 g/mol. The summed E-state index contributed by atoms with van der Waals surface area (Å²) in [5.74, 6) is 1.18. The number of ether oxygens (including phenoxy) is 4. The van der Waals surface area contributed by atoms with E-state index in [-0.39, 0.29) is 18.6 Å². The molecule has 3 aliphatic rings. The molecule has 2 saturated carbocycles. The van der Waals surface area contributed by atoms with Crippen LogP contribution in [0.2, 0.25) is 0 Å². The van der Waals surface area contributed by atoms with Gasteiger partial charge in [-0.2, -0.15) is 0 Å². The van der Waals surface area contributed by atoms with Crippen molar-refractivity contribution in [1.82, 2.24) is 0 Å². The van der Waals surface area contributed by atoms with Crippen molar-refractivity contribution < 1.29 is 29.2 Å². The van der Waals surface area contributed by atoms with Gasteiger partial charge < -0.3 is 29.2 Å². The lowest BCUT2D eigenvalue weighted by molar-refractivity contribution is -0.236. The fraction of sp³-hybridized carbons (Fsp3) is 0.619. The molecule has 1 aromatic rings. The summed E-state index contributed by atoms with van der Waals surface area (Å²) in [7, 11) is 3.15. The van der Waals surface area contributed by atoms with E-state index in [0.717, 1.165) is 5.56 Å². The molecular weight excluding hydrogens is 348 g/mol. The molecule has 6 heteroatoms. The average Bonchev–Trinajstić information content (AvgIpc) is 3.18. The molecule has 2 fully saturated rings. The summed E-state index contributed by atoms with van der Waals surface area (Å²) >= 11 is 0. The fourth-order valence-corrected chi connectivity index (χ4v) is 5.89. The van der Waals surface area contributed by atoms with Crippen LogP contribution in [-0.2, 0) is 9.47 Å². The van der Waals surface area contributed by atoms with E-state index in [9.17, 15) is 10.2 Å². The summed E-state index contributed by atoms with van der Waals surface area (Å²) in [6.45, 7) is 6.23. The second-order valence-corrected chi connectivity index (χ2v) is 7.99. The topological polar surface area (TPSA) is 77.4 Å². The third-order valence-corrected chi connectivity index (χ3v) is 7.20. The SMILES string of the molecule is C=CC[C@@]12C[C@@H](OC)[C@H](O)[C@@](OC)([C@@H]1O)[C@@H](c1ccc3c(c1)OCO3)[C@@H]2C. The lowest BCUT2D eigenvalue weighted by Gasteiger charge is -2.50. The maximum atomic E-state index is 11.5. The highest BCUT2D eigenvalue weighted by Gasteiger charge is 2.73. The van der Waals surface area contributed by atoms with Gasteiger partial charge in [-0.15, -0.1) is 6.58 Å². The maximum Gasteiger partial charge on any atom is 0.231 e. The molecule has 4 rings (SSSR count). The van der Waals surface area contributed by atoms with Crippen LogP contribution in [0.5, 0.6) is 11.5 Å². The van der Waals surface area contributed by atoms with Crippen molar-refractivity contribution in [2.45, 2.75) is 49.6 Å². The van der Waals surface area contributed by atoms with Crippen LogP contribution >= 0.6 is 0 Å². The molecule has 0 amide bonds. The van der Waals surface area contributed by atoms with Crippen LogP contribution in [0.3, 0.4) is 0 Å². The molecule has 1 heterocycles. The first kappa shape index (κ1) is 18.7. The van der Waals surface area contributed by atoms with Crippen molar-refractivity contribution in [3.8, 4) is 11.5 Å². The van der Waals surface area contributed by atoms with Gasteiger partial charge in [0.25, 0.3) is 0 Å². The van der Waals surface area contributed by atoms with Crippen LogP contribution in [0, 0.1) is 11.3 Å². The Hall–Kier alpha value is -1.60. The number of methoxy groups -OCH3 is 2. The van der Waals surface area contributed by atoms with Crippen LogP contribution < -0.4 is 9.47 Å². The quantitative estimate of drug-likeness (QED) is 0.768. The third-order valence-electron chi connectivity index (χ3n) is 7.20. The first-order valence-corrected chi connectivity index (χ1v) is 9.40. The third kappa shape index (κ3) is 2.27. The molecule has 2 aliphatic carbocycles. The van der Waals surface area contributed by atoms with Gasteiger partial charge in [-0.25, -0.2) is 0 Å². The van der Waals surface area contributed by atoms with E-state index in [1.54, 1.807) is 14.2 Å². The monoisotopic (exact) mass is 376 g/mol. The van der Waals surface area contributed by atoms with Gasteiger partial charge in [0.15, 0.2) is 11.5 Å². The second kappa shape index (κ2) is 6.48. The van der Waals surface area contributed by atoms with Crippen molar-refractivity contribution in [2.75, 3.05) is 21.0 Å². The molecule has 7 atom stereocenters. The van der Waals surface area contributed by atoms with Crippen molar-refractivity contribution >= 4 is 0 Å². The van der Waals surface area contributed by atoms with E-state index in [1.807, 2.05) is 24.3 Å². The van der Waals surface area contributed by atoms with Gasteiger partial charge in [0.2, 0.25) is 6.79 Å². The van der Waals surface area contributed by atoms with Crippen molar-refractivity contribution in [3.05, 3.63) is 36.4 Å². The van der Waals surface area contributed by atoms with E-state index in [1.165, 1.54) is 0 Å². The van der Waals surface area contributed by atoms with Crippen molar-refractivity contribution in [1.29, 1.82) is 0 Å². The molecule has 6 nitrogen and oxygen atoms in total. The van der Waals surface area contributed by atoms with E-state index in [4.69, 9.17) is 18.9 Å². The minimum absolute atomic E-state index is 0.0284. The summed E-state index contributed by atoms with van der Waals surface area (Å²) in [6, 6.07) is 5.79. The van der Waals surface area contributed by atoms with Gasteiger partial charge in [0.05, 0.1) is 12.2 Å². The van der Waals surface area contributed by atoms with E-state index in [2.05, 4.69) is 13.5 Å². The van der Waals surface area contributed by atoms with Crippen LogP contribution in [0.1, 0.15) is 31.2 Å². The molecule has 0 unspecified atom stereocenters. The van der Waals surface area contributed by atoms with E-state index < -0.39 is 29.3 Å². The number of fused-ring (bicyclic) bond motifs is 3. The summed E-state index contributed by atoms with van der Waals surface area (Å²) in [5, 5.41) is 22.7. The zero-order chi connectivity index (χ0) is 19.4. The Morgan fingerprint density at radius 1 is 1.26 bits per heavy atom. The van der Waals surface area contributed by atoms with Crippen LogP contribution in [0.15, 0.2) is 30.9 Å². The molecule has 27 heavy (non-hydrogen) atoms. The highest BCUT2D eigenvalue weighted by molar-refractivity contribution is 5.48. The van der Waals surface area contributed by atoms with Crippen LogP contribution in [-0.4, -0.2) is 55.1 Å². The maximum absolute atomic E-state index is 11.5. The van der Waals surface area contributed by atoms with E-state index >= 15 is 0 Å². The second-order valence-electron chi connectivity index (χ2n) is 7.99. The number of hydrogen-bond acceptors (Lipinski definition) is 6. The summed E-state index contributed by atoms with van der Waals surface area (Å²) in [5.41, 5.74) is -0.706. The Bertz CT molecular complexity index is 735. The van der Waals surface area contributed by atoms with Crippen molar-refractivity contribution in [3.63, 3.8) is 0 Å². The summed E-state index contributed by atoms with van der Waals surface area (Å²) in [6.07, 6.45) is 0.779. The molecule has 2 bridgehead atoms. The zero-order valence-electron chi connectivity index (χ0n) is 16.1. The van der Waals surface area contributed by atoms with Gasteiger partial charge in [-0.1, -0.05) is 19.1 Å². The van der Waals surface area contributed by atoms with Gasteiger partial charge in [-0.3, -0.25) is 0 Å². The Labute approximate surface area is 159 Å². The predicted molar refractivity (Wildman–Crippen MR) is 98.9 cm³/mol. The molecule has 0 aromatic heterocycles. The Morgan fingerprint density at radius 2 is 2.00 bits per heavy atom. The molecule has 1 aromatic carbocycles. The van der Waals surface area contributed by atoms with E-state index in [0.29, 0.717) is 24.3 Å². The fourth-order valence-electron chi connectivity index (χ4n) is 5.89. The lowest BCUT2D eigenvalue weighted by Crippen LogP contribution is -2.65. The molecule has 0 spiro atoms. The lowest BCUT2D eigenvalue weighted by atomic mass is 9.65. The van der Waals surface area contributed by atoms with Gasteiger partial charge in [0.1, 0.15) is 11.7 Å². The Balaban J connectivity index is 1.89. The van der Waals surface area contributed by atoms with Crippen molar-refractivity contribution in [2.24, 2.45) is 11.3 Å². The standard InChI is InChI=1S/C21H28O6/c1-5-8-20-10-16(24-3)18(22)21(25-4,19(20)23)17(12(20)2)13-6-7-14-15(9-13)27-11-26-14/h5-7,9,12,16-19,22-23H,1,8,10-11H2,2-4H3/t12-,16+,17+,18-,19+,20-,21+/m0/s1. The number of aliphatic hydroxyl groups is 2. The van der Waals surface area contributed by atoms with Gasteiger partial charge in [-0.05, 0) is 36.5 Å². The Morgan fingerprint density at radius 3 is 2.67 bits per heavy atom. The number of allylic oxidation sites excluding steroid dienone is 1. The van der Waals surface area contributed by atoms with Gasteiger partial charge >= 0.3 is 0 Å². The highest BCUT2D eigenvalue weighted by atomic mass is 16.7. The number of hydrogen-bond donors (Lipinski definition) is 2. The molecule has 1 aliphatic heterocycles. The summed E-state index contributed by atoms with van der Waals surface area (Å²) < 4.78 is 22.6. The first-order valence-electron chi connectivity index (χ1n) is 9.40. The molecule has 2 N–H and O–H groups in total. The normalized spacial score (nSPS) is 42.3. The predicted octanol–water partition coefficient (Wildman–Crippen LogP) is 2.24. The first-order chi connectivity index (χ1) is 13.0.